The van der Waals surface area contributed by atoms with Gasteiger partial charge in [0.2, 0.25) is 5.91 Å². The number of amides is 1. The lowest BCUT2D eigenvalue weighted by Crippen LogP contribution is -2.16. The fourth-order valence-electron chi connectivity index (χ4n) is 2.26. The lowest BCUT2D eigenvalue weighted by atomic mass is 10.1. The molecule has 0 unspecified atom stereocenters. The van der Waals surface area contributed by atoms with E-state index >= 15 is 0 Å². The van der Waals surface area contributed by atoms with Gasteiger partial charge in [-0.05, 0) is 38.0 Å². The fourth-order valence-corrected chi connectivity index (χ4v) is 2.90. The number of hydrogen-bond acceptors (Lipinski definition) is 5. The number of nitrogens with one attached hydrogen (secondary N) is 1. The zero-order valence-corrected chi connectivity index (χ0v) is 13.9. The highest BCUT2D eigenvalue weighted by atomic mass is 32.2. The molecule has 0 saturated carbocycles. The quantitative estimate of drug-likeness (QED) is 0.513. The predicted octanol–water partition coefficient (Wildman–Crippen LogP) is 3.65. The number of nitrogens with zero attached hydrogens (tertiary/aromatic N) is 2. The van der Waals surface area contributed by atoms with Crippen LogP contribution in [0.4, 0.5) is 11.4 Å². The molecule has 0 bridgehead atoms. The highest BCUT2D eigenvalue weighted by molar-refractivity contribution is 7.99. The number of carbonyl (C=O) groups excluding carboxylic acids is 1. The highest BCUT2D eigenvalue weighted by Crippen LogP contribution is 2.23. The lowest BCUT2D eigenvalue weighted by Gasteiger charge is -2.12. The van der Waals surface area contributed by atoms with Crippen LogP contribution < -0.4 is 5.32 Å². The Labute approximate surface area is 138 Å². The van der Waals surface area contributed by atoms with Gasteiger partial charge in [-0.2, -0.15) is 0 Å². The Hall–Kier alpha value is -2.41. The first kappa shape index (κ1) is 17.0. The molecule has 1 aromatic carbocycles. The maximum Gasteiger partial charge on any atom is 0.287 e. The van der Waals surface area contributed by atoms with E-state index in [4.69, 9.17) is 0 Å². The van der Waals surface area contributed by atoms with Crippen LogP contribution in [-0.2, 0) is 4.79 Å². The minimum atomic E-state index is -0.503. The van der Waals surface area contributed by atoms with Gasteiger partial charge in [0.1, 0.15) is 6.20 Å². The molecule has 23 heavy (non-hydrogen) atoms. The van der Waals surface area contributed by atoms with E-state index in [1.807, 2.05) is 32.9 Å². The molecule has 120 valence electrons. The van der Waals surface area contributed by atoms with E-state index < -0.39 is 4.92 Å². The Morgan fingerprint density at radius 1 is 1.26 bits per heavy atom. The van der Waals surface area contributed by atoms with Crippen molar-refractivity contribution in [1.29, 1.82) is 0 Å². The maximum absolute atomic E-state index is 12.1. The number of nitro groups is 1. The van der Waals surface area contributed by atoms with E-state index in [1.54, 1.807) is 6.07 Å². The van der Waals surface area contributed by atoms with Crippen molar-refractivity contribution in [3.05, 3.63) is 57.3 Å². The second-order valence-corrected chi connectivity index (χ2v) is 6.22. The van der Waals surface area contributed by atoms with E-state index in [0.29, 0.717) is 5.03 Å². The van der Waals surface area contributed by atoms with Crippen molar-refractivity contribution in [2.75, 3.05) is 11.1 Å². The van der Waals surface area contributed by atoms with Crippen LogP contribution in [0.5, 0.6) is 0 Å². The summed E-state index contributed by atoms with van der Waals surface area (Å²) in [5, 5.41) is 14.0. The molecular formula is C16H17N3O3S. The van der Waals surface area contributed by atoms with E-state index in [0.717, 1.165) is 22.4 Å². The number of aryl methyl sites for hydroxylation is 3. The standard InChI is InChI=1S/C16H17N3O3S/c1-10-6-11(2)16(12(3)7-10)18-14(20)9-23-15-5-4-13(8-17-15)19(21)22/h4-8H,9H2,1-3H3,(H,18,20). The van der Waals surface area contributed by atoms with Crippen molar-refractivity contribution in [2.24, 2.45) is 0 Å². The first-order valence-electron chi connectivity index (χ1n) is 6.98. The molecule has 6 nitrogen and oxygen atoms in total. The van der Waals surface area contributed by atoms with Crippen molar-refractivity contribution >= 4 is 29.0 Å². The Morgan fingerprint density at radius 3 is 2.43 bits per heavy atom. The van der Waals surface area contributed by atoms with Gasteiger partial charge in [0.25, 0.3) is 5.69 Å². The summed E-state index contributed by atoms with van der Waals surface area (Å²) in [6.45, 7) is 5.93. The second-order valence-electron chi connectivity index (χ2n) is 5.22. The monoisotopic (exact) mass is 331 g/mol. The number of benzene rings is 1. The Bertz CT molecular complexity index is 722. The van der Waals surface area contributed by atoms with Crippen LogP contribution in [0.2, 0.25) is 0 Å². The number of carbonyl (C=O) groups is 1. The first-order valence-corrected chi connectivity index (χ1v) is 7.96. The Kier molecular flexibility index (Phi) is 5.33. The smallest absolute Gasteiger partial charge is 0.287 e. The molecule has 1 heterocycles. The van der Waals surface area contributed by atoms with Crippen LogP contribution in [0.15, 0.2) is 35.5 Å². The van der Waals surface area contributed by atoms with E-state index in [-0.39, 0.29) is 17.3 Å². The molecule has 0 aliphatic rings. The fraction of sp³-hybridized carbons (Fsp3) is 0.250. The largest absolute Gasteiger partial charge is 0.325 e. The summed E-state index contributed by atoms with van der Waals surface area (Å²) in [6.07, 6.45) is 1.19. The van der Waals surface area contributed by atoms with Crippen LogP contribution in [-0.4, -0.2) is 21.6 Å². The van der Waals surface area contributed by atoms with Gasteiger partial charge < -0.3 is 5.32 Å². The zero-order chi connectivity index (χ0) is 17.0. The number of thioether (sulfide) groups is 1. The maximum atomic E-state index is 12.1. The molecular weight excluding hydrogens is 314 g/mol. The number of rotatable bonds is 5. The molecule has 1 amide bonds. The van der Waals surface area contributed by atoms with Crippen LogP contribution in [0.25, 0.3) is 0 Å². The van der Waals surface area contributed by atoms with Crippen molar-refractivity contribution in [3.63, 3.8) is 0 Å². The normalized spacial score (nSPS) is 10.4. The molecule has 1 aromatic heterocycles. The molecule has 7 heteroatoms. The summed E-state index contributed by atoms with van der Waals surface area (Å²) in [5.74, 6) is 0.0580. The van der Waals surface area contributed by atoms with E-state index in [1.165, 1.54) is 24.0 Å². The van der Waals surface area contributed by atoms with Gasteiger partial charge in [-0.25, -0.2) is 4.98 Å². The zero-order valence-electron chi connectivity index (χ0n) is 13.1. The highest BCUT2D eigenvalue weighted by Gasteiger charge is 2.10. The molecule has 0 fully saturated rings. The summed E-state index contributed by atoms with van der Waals surface area (Å²) in [5.41, 5.74) is 3.97. The van der Waals surface area contributed by atoms with E-state index in [9.17, 15) is 14.9 Å². The average Bonchev–Trinajstić information content (AvgIpc) is 2.49. The van der Waals surface area contributed by atoms with Crippen LogP contribution in [0, 0.1) is 30.9 Å². The lowest BCUT2D eigenvalue weighted by molar-refractivity contribution is -0.385. The molecule has 0 radical (unpaired) electrons. The average molecular weight is 331 g/mol. The molecule has 0 saturated heterocycles. The summed E-state index contributed by atoms with van der Waals surface area (Å²) < 4.78 is 0. The number of hydrogen-bond donors (Lipinski definition) is 1. The molecule has 2 rings (SSSR count). The number of aromatic nitrogens is 1. The molecule has 2 aromatic rings. The summed E-state index contributed by atoms with van der Waals surface area (Å²) >= 11 is 1.24. The van der Waals surface area contributed by atoms with Gasteiger partial charge in [0.05, 0.1) is 15.7 Å². The van der Waals surface area contributed by atoms with Crippen molar-refractivity contribution in [3.8, 4) is 0 Å². The Balaban J connectivity index is 1.96. The predicted molar refractivity (Wildman–Crippen MR) is 90.9 cm³/mol. The summed E-state index contributed by atoms with van der Waals surface area (Å²) in [7, 11) is 0. The molecule has 1 N–H and O–H groups in total. The number of pyridine rings is 1. The van der Waals surface area contributed by atoms with Crippen LogP contribution in [0.1, 0.15) is 16.7 Å². The van der Waals surface area contributed by atoms with Crippen LogP contribution >= 0.6 is 11.8 Å². The van der Waals surface area contributed by atoms with Crippen molar-refractivity contribution in [1.82, 2.24) is 4.98 Å². The molecule has 0 spiro atoms. The minimum absolute atomic E-state index is 0.0651. The van der Waals surface area contributed by atoms with Gasteiger partial charge in [0, 0.05) is 11.8 Å². The summed E-state index contributed by atoms with van der Waals surface area (Å²) in [4.78, 5) is 26.1. The van der Waals surface area contributed by atoms with E-state index in [2.05, 4.69) is 10.3 Å². The topological polar surface area (TPSA) is 85.1 Å². The van der Waals surface area contributed by atoms with Crippen molar-refractivity contribution in [2.45, 2.75) is 25.8 Å². The number of anilines is 1. The van der Waals surface area contributed by atoms with Crippen molar-refractivity contribution < 1.29 is 9.72 Å². The first-order chi connectivity index (χ1) is 10.9. The van der Waals surface area contributed by atoms with Gasteiger partial charge in [-0.3, -0.25) is 14.9 Å². The third kappa shape index (κ3) is 4.53. The SMILES string of the molecule is Cc1cc(C)c(NC(=O)CSc2ccc([N+](=O)[O-])cn2)c(C)c1. The van der Waals surface area contributed by atoms with Crippen LogP contribution in [0.3, 0.4) is 0 Å². The van der Waals surface area contributed by atoms with Gasteiger partial charge >= 0.3 is 0 Å². The third-order valence-corrected chi connectivity index (χ3v) is 4.17. The van der Waals surface area contributed by atoms with Gasteiger partial charge in [0.15, 0.2) is 0 Å². The van der Waals surface area contributed by atoms with Gasteiger partial charge in [-0.15, -0.1) is 0 Å². The molecule has 0 aliphatic carbocycles. The van der Waals surface area contributed by atoms with Gasteiger partial charge in [-0.1, -0.05) is 29.5 Å². The summed E-state index contributed by atoms with van der Waals surface area (Å²) in [6, 6.07) is 6.96. The second kappa shape index (κ2) is 7.23. The third-order valence-electron chi connectivity index (χ3n) is 3.22. The molecule has 0 aliphatic heterocycles. The minimum Gasteiger partial charge on any atom is -0.325 e. The molecule has 0 atom stereocenters. The Morgan fingerprint density at radius 2 is 1.91 bits per heavy atom.